The van der Waals surface area contributed by atoms with Crippen LogP contribution in [-0.4, -0.2) is 4.98 Å². The third-order valence-electron chi connectivity index (χ3n) is 1.82. The summed E-state index contributed by atoms with van der Waals surface area (Å²) in [5, 5.41) is 0.486. The maximum Gasteiger partial charge on any atom is 0.133 e. The van der Waals surface area contributed by atoms with E-state index in [9.17, 15) is 0 Å². The van der Waals surface area contributed by atoms with Crippen LogP contribution in [0.3, 0.4) is 0 Å². The lowest BCUT2D eigenvalue weighted by atomic mass is 10.1. The molecule has 1 aromatic rings. The second-order valence-electron chi connectivity index (χ2n) is 3.02. The molecule has 0 bridgehead atoms. The summed E-state index contributed by atoms with van der Waals surface area (Å²) in [5.74, 6) is 0. The Bertz CT molecular complexity index is 310. The van der Waals surface area contributed by atoms with Crippen LogP contribution in [0.4, 0.5) is 0 Å². The minimum Gasteiger partial charge on any atom is -0.324 e. The first kappa shape index (κ1) is 10.2. The molecule has 2 N–H and O–H groups in total. The molecule has 1 rings (SSSR count). The minimum atomic E-state index is -0.0996. The molecule has 3 heteroatoms. The Morgan fingerprint density at radius 1 is 1.77 bits per heavy atom. The smallest absolute Gasteiger partial charge is 0.133 e. The van der Waals surface area contributed by atoms with Gasteiger partial charge in [-0.25, -0.2) is 4.98 Å². The Kier molecular flexibility index (Phi) is 3.46. The fourth-order valence-electron chi connectivity index (χ4n) is 1.14. The van der Waals surface area contributed by atoms with Crippen molar-refractivity contribution in [2.75, 3.05) is 0 Å². The van der Waals surface area contributed by atoms with E-state index in [2.05, 4.69) is 11.6 Å². The Balaban J connectivity index is 2.97. The van der Waals surface area contributed by atoms with E-state index in [1.807, 2.05) is 13.0 Å². The van der Waals surface area contributed by atoms with Crippen molar-refractivity contribution in [1.29, 1.82) is 0 Å². The van der Waals surface area contributed by atoms with Gasteiger partial charge in [0, 0.05) is 17.8 Å². The van der Waals surface area contributed by atoms with Crippen LogP contribution in [0.15, 0.2) is 24.9 Å². The Morgan fingerprint density at radius 2 is 2.46 bits per heavy atom. The van der Waals surface area contributed by atoms with Crippen molar-refractivity contribution in [3.63, 3.8) is 0 Å². The van der Waals surface area contributed by atoms with Crippen molar-refractivity contribution in [3.8, 4) is 0 Å². The molecule has 0 aliphatic carbocycles. The second-order valence-corrected chi connectivity index (χ2v) is 3.38. The van der Waals surface area contributed by atoms with Gasteiger partial charge in [-0.15, -0.1) is 6.58 Å². The van der Waals surface area contributed by atoms with Crippen LogP contribution in [0.25, 0.3) is 0 Å². The summed E-state index contributed by atoms with van der Waals surface area (Å²) in [6, 6.07) is 1.86. The number of halogens is 1. The number of aryl methyl sites for hydroxylation is 1. The van der Waals surface area contributed by atoms with E-state index < -0.39 is 0 Å². The molecule has 0 amide bonds. The fraction of sp³-hybridized carbons (Fsp3) is 0.300. The third-order valence-corrected chi connectivity index (χ3v) is 2.14. The molecule has 0 spiro atoms. The quantitative estimate of drug-likeness (QED) is 0.596. The largest absolute Gasteiger partial charge is 0.324 e. The standard InChI is InChI=1S/C10H13ClN2/c1-3-4-9(12)8-5-7(2)6-13-10(8)11/h3,5-6,9H,1,4,12H2,2H3/t9-/m1/s1. The van der Waals surface area contributed by atoms with E-state index in [-0.39, 0.29) is 6.04 Å². The van der Waals surface area contributed by atoms with Crippen LogP contribution in [-0.2, 0) is 0 Å². The van der Waals surface area contributed by atoms with Crippen LogP contribution < -0.4 is 5.73 Å². The maximum atomic E-state index is 5.90. The Hall–Kier alpha value is -0.860. The number of nitrogens with zero attached hydrogens (tertiary/aromatic N) is 1. The van der Waals surface area contributed by atoms with Crippen molar-refractivity contribution in [2.24, 2.45) is 5.73 Å². The summed E-state index contributed by atoms with van der Waals surface area (Å²) in [6.07, 6.45) is 4.22. The zero-order valence-corrected chi connectivity index (χ0v) is 8.38. The first-order valence-electron chi connectivity index (χ1n) is 4.13. The average Bonchev–Trinajstić information content (AvgIpc) is 2.09. The number of nitrogens with two attached hydrogens (primary N) is 1. The van der Waals surface area contributed by atoms with Gasteiger partial charge in [0.1, 0.15) is 5.15 Å². The Morgan fingerprint density at radius 3 is 3.08 bits per heavy atom. The minimum absolute atomic E-state index is 0.0996. The molecular formula is C10H13ClN2. The molecular weight excluding hydrogens is 184 g/mol. The molecule has 0 aliphatic heterocycles. The van der Waals surface area contributed by atoms with E-state index in [1.165, 1.54) is 0 Å². The molecule has 0 aromatic carbocycles. The van der Waals surface area contributed by atoms with E-state index in [0.29, 0.717) is 11.6 Å². The fourth-order valence-corrected chi connectivity index (χ4v) is 1.39. The molecule has 0 unspecified atom stereocenters. The lowest BCUT2D eigenvalue weighted by Crippen LogP contribution is -2.10. The number of rotatable bonds is 3. The SMILES string of the molecule is C=CC[C@@H](N)c1cc(C)cnc1Cl. The molecule has 2 nitrogen and oxygen atoms in total. The van der Waals surface area contributed by atoms with Gasteiger partial charge >= 0.3 is 0 Å². The van der Waals surface area contributed by atoms with Gasteiger partial charge < -0.3 is 5.73 Å². The topological polar surface area (TPSA) is 38.9 Å². The molecule has 0 saturated heterocycles. The molecule has 1 aromatic heterocycles. The summed E-state index contributed by atoms with van der Waals surface area (Å²) in [5.41, 5.74) is 7.84. The van der Waals surface area contributed by atoms with Crippen molar-refractivity contribution in [2.45, 2.75) is 19.4 Å². The molecule has 0 aliphatic rings. The first-order valence-corrected chi connectivity index (χ1v) is 4.51. The molecule has 13 heavy (non-hydrogen) atoms. The molecule has 0 saturated carbocycles. The van der Waals surface area contributed by atoms with Crippen LogP contribution in [0.5, 0.6) is 0 Å². The van der Waals surface area contributed by atoms with E-state index in [0.717, 1.165) is 11.1 Å². The zero-order valence-electron chi connectivity index (χ0n) is 7.63. The number of pyridine rings is 1. The summed E-state index contributed by atoms with van der Waals surface area (Å²) in [6.45, 7) is 5.60. The lowest BCUT2D eigenvalue weighted by molar-refractivity contribution is 0.736. The predicted octanol–water partition coefficient (Wildman–Crippen LogP) is 2.62. The molecule has 1 atom stereocenters. The van der Waals surface area contributed by atoms with E-state index >= 15 is 0 Å². The van der Waals surface area contributed by atoms with Crippen molar-refractivity contribution < 1.29 is 0 Å². The average molecular weight is 197 g/mol. The van der Waals surface area contributed by atoms with Crippen LogP contribution in [0.2, 0.25) is 5.15 Å². The van der Waals surface area contributed by atoms with Gasteiger partial charge in [0.25, 0.3) is 0 Å². The van der Waals surface area contributed by atoms with Gasteiger partial charge in [-0.1, -0.05) is 17.7 Å². The predicted molar refractivity (Wildman–Crippen MR) is 55.7 cm³/mol. The summed E-state index contributed by atoms with van der Waals surface area (Å²) in [4.78, 5) is 4.03. The van der Waals surface area contributed by atoms with E-state index in [4.69, 9.17) is 17.3 Å². The third kappa shape index (κ3) is 2.54. The van der Waals surface area contributed by atoms with Gasteiger partial charge in [-0.3, -0.25) is 0 Å². The van der Waals surface area contributed by atoms with Gasteiger partial charge in [0.2, 0.25) is 0 Å². The van der Waals surface area contributed by atoms with Crippen molar-refractivity contribution >= 4 is 11.6 Å². The maximum absolute atomic E-state index is 5.90. The number of hydrogen-bond donors (Lipinski definition) is 1. The highest BCUT2D eigenvalue weighted by atomic mass is 35.5. The summed E-state index contributed by atoms with van der Waals surface area (Å²) in [7, 11) is 0. The monoisotopic (exact) mass is 196 g/mol. The van der Waals surface area contributed by atoms with Crippen LogP contribution in [0.1, 0.15) is 23.6 Å². The van der Waals surface area contributed by atoms with E-state index in [1.54, 1.807) is 12.3 Å². The first-order chi connectivity index (χ1) is 6.15. The normalized spacial score (nSPS) is 12.5. The van der Waals surface area contributed by atoms with Crippen molar-refractivity contribution in [1.82, 2.24) is 4.98 Å². The number of aromatic nitrogens is 1. The highest BCUT2D eigenvalue weighted by Gasteiger charge is 2.09. The van der Waals surface area contributed by atoms with Gasteiger partial charge in [0.05, 0.1) is 0 Å². The zero-order chi connectivity index (χ0) is 9.84. The van der Waals surface area contributed by atoms with Crippen LogP contribution >= 0.6 is 11.6 Å². The second kappa shape index (κ2) is 4.40. The summed E-state index contributed by atoms with van der Waals surface area (Å²) < 4.78 is 0. The molecule has 0 fully saturated rings. The summed E-state index contributed by atoms with van der Waals surface area (Å²) >= 11 is 5.90. The molecule has 0 radical (unpaired) electrons. The Labute approximate surface area is 83.4 Å². The van der Waals surface area contributed by atoms with Gasteiger partial charge in [0.15, 0.2) is 0 Å². The number of hydrogen-bond acceptors (Lipinski definition) is 2. The highest BCUT2D eigenvalue weighted by molar-refractivity contribution is 6.30. The highest BCUT2D eigenvalue weighted by Crippen LogP contribution is 2.22. The molecule has 1 heterocycles. The lowest BCUT2D eigenvalue weighted by Gasteiger charge is -2.11. The molecule has 70 valence electrons. The van der Waals surface area contributed by atoms with Crippen LogP contribution in [0, 0.1) is 6.92 Å². The van der Waals surface area contributed by atoms with Crippen molar-refractivity contribution in [3.05, 3.63) is 41.2 Å². The van der Waals surface area contributed by atoms with Gasteiger partial charge in [-0.05, 0) is 25.0 Å². The van der Waals surface area contributed by atoms with Gasteiger partial charge in [-0.2, -0.15) is 0 Å².